The molecule has 0 spiro atoms. The van der Waals surface area contributed by atoms with Gasteiger partial charge in [0.15, 0.2) is 0 Å². The van der Waals surface area contributed by atoms with Gasteiger partial charge in [-0.2, -0.15) is 0 Å². The molecule has 0 fully saturated rings. The lowest BCUT2D eigenvalue weighted by Crippen LogP contribution is -2.19. The Morgan fingerprint density at radius 2 is 2.30 bits per heavy atom. The molecule has 0 bridgehead atoms. The summed E-state index contributed by atoms with van der Waals surface area (Å²) in [5.41, 5.74) is 9.56. The molecule has 0 saturated carbocycles. The van der Waals surface area contributed by atoms with E-state index in [0.29, 0.717) is 0 Å². The molecule has 1 atom stereocenters. The first-order valence-electron chi connectivity index (χ1n) is 6.37. The number of aromatic nitrogens is 1. The molecule has 1 unspecified atom stereocenters. The highest BCUT2D eigenvalue weighted by atomic mass is 32.1. The number of hydrogen-bond acceptors (Lipinski definition) is 5. The summed E-state index contributed by atoms with van der Waals surface area (Å²) >= 11 is 1.65. The number of nitrogens with one attached hydrogen (secondary N) is 1. The van der Waals surface area contributed by atoms with Crippen molar-refractivity contribution in [1.29, 1.82) is 0 Å². The number of hydrogen-bond donors (Lipinski definition) is 2. The number of rotatable bonds is 3. The maximum absolute atomic E-state index is 11.5. The molecule has 2 aromatic rings. The van der Waals surface area contributed by atoms with E-state index in [4.69, 9.17) is 5.73 Å². The van der Waals surface area contributed by atoms with Crippen molar-refractivity contribution in [2.75, 3.05) is 17.3 Å². The molecule has 1 aliphatic heterocycles. The molecule has 1 aromatic heterocycles. The number of benzene rings is 1. The van der Waals surface area contributed by atoms with E-state index in [0.717, 1.165) is 34.2 Å². The molecule has 2 heterocycles. The summed E-state index contributed by atoms with van der Waals surface area (Å²) < 4.78 is 0. The van der Waals surface area contributed by atoms with Gasteiger partial charge in [0.1, 0.15) is 6.04 Å². The van der Waals surface area contributed by atoms with Gasteiger partial charge in [-0.25, -0.2) is 4.98 Å². The second-order valence-electron chi connectivity index (χ2n) is 4.95. The predicted molar refractivity (Wildman–Crippen MR) is 81.0 cm³/mol. The minimum absolute atomic E-state index is 0.144. The van der Waals surface area contributed by atoms with Crippen molar-refractivity contribution in [2.24, 2.45) is 5.73 Å². The Morgan fingerprint density at radius 1 is 1.50 bits per heavy atom. The molecule has 6 heteroatoms. The van der Waals surface area contributed by atoms with E-state index < -0.39 is 6.04 Å². The first-order valence-corrected chi connectivity index (χ1v) is 7.25. The number of thiazole rings is 1. The highest BCUT2D eigenvalue weighted by Crippen LogP contribution is 2.32. The number of nitrogens with zero attached hydrogens (tertiary/aromatic N) is 2. The molecule has 104 valence electrons. The van der Waals surface area contributed by atoms with E-state index in [-0.39, 0.29) is 5.91 Å². The summed E-state index contributed by atoms with van der Waals surface area (Å²) in [7, 11) is 2.01. The van der Waals surface area contributed by atoms with E-state index >= 15 is 0 Å². The molecular formula is C14H16N4OS. The zero-order valence-corrected chi connectivity index (χ0v) is 12.2. The largest absolute Gasteiger partial charge is 0.369 e. The first-order chi connectivity index (χ1) is 9.54. The van der Waals surface area contributed by atoms with E-state index in [1.165, 1.54) is 0 Å². The molecule has 1 aromatic carbocycles. The van der Waals surface area contributed by atoms with E-state index in [1.807, 2.05) is 32.2 Å². The summed E-state index contributed by atoms with van der Waals surface area (Å²) in [6.07, 6.45) is 0. The molecule has 5 nitrogen and oxygen atoms in total. The van der Waals surface area contributed by atoms with Crippen LogP contribution < -0.4 is 16.0 Å². The zero-order chi connectivity index (χ0) is 14.3. The average Bonchev–Trinajstić information content (AvgIpc) is 2.94. The third kappa shape index (κ3) is 2.28. The SMILES string of the molecule is Cc1nc(CN(C)c2ccc3c(c2)NC(=O)C3N)cs1. The van der Waals surface area contributed by atoms with Crippen molar-refractivity contribution >= 4 is 28.6 Å². The maximum Gasteiger partial charge on any atom is 0.245 e. The van der Waals surface area contributed by atoms with Crippen molar-refractivity contribution in [3.63, 3.8) is 0 Å². The summed E-state index contributed by atoms with van der Waals surface area (Å²) in [6, 6.07) is 5.30. The number of carbonyl (C=O) groups excluding carboxylic acids is 1. The Hall–Kier alpha value is -1.92. The smallest absolute Gasteiger partial charge is 0.245 e. The highest BCUT2D eigenvalue weighted by Gasteiger charge is 2.27. The van der Waals surface area contributed by atoms with Crippen LogP contribution in [0.1, 0.15) is 22.3 Å². The van der Waals surface area contributed by atoms with Crippen LogP contribution in [0.25, 0.3) is 0 Å². The van der Waals surface area contributed by atoms with Crippen LogP contribution in [-0.2, 0) is 11.3 Å². The molecule has 0 aliphatic carbocycles. The van der Waals surface area contributed by atoms with Gasteiger partial charge in [0, 0.05) is 29.4 Å². The Labute approximate surface area is 121 Å². The minimum Gasteiger partial charge on any atom is -0.369 e. The zero-order valence-electron chi connectivity index (χ0n) is 11.4. The van der Waals surface area contributed by atoms with Gasteiger partial charge in [0.2, 0.25) is 5.91 Å². The van der Waals surface area contributed by atoms with Gasteiger partial charge < -0.3 is 16.0 Å². The lowest BCUT2D eigenvalue weighted by molar-refractivity contribution is -0.116. The topological polar surface area (TPSA) is 71.2 Å². The van der Waals surface area contributed by atoms with Crippen LogP contribution in [0.4, 0.5) is 11.4 Å². The molecule has 3 N–H and O–H groups in total. The van der Waals surface area contributed by atoms with Gasteiger partial charge in [0.05, 0.1) is 17.2 Å². The van der Waals surface area contributed by atoms with Gasteiger partial charge in [-0.1, -0.05) is 6.07 Å². The van der Waals surface area contributed by atoms with Gasteiger partial charge in [0.25, 0.3) is 0 Å². The monoisotopic (exact) mass is 288 g/mol. The number of carbonyl (C=O) groups is 1. The summed E-state index contributed by atoms with van der Waals surface area (Å²) in [4.78, 5) is 18.1. The van der Waals surface area contributed by atoms with Crippen LogP contribution in [0.15, 0.2) is 23.6 Å². The fourth-order valence-corrected chi connectivity index (χ4v) is 2.93. The van der Waals surface area contributed by atoms with Crippen LogP contribution in [-0.4, -0.2) is 17.9 Å². The fraction of sp³-hybridized carbons (Fsp3) is 0.286. The molecule has 1 aliphatic rings. The number of amides is 1. The second kappa shape index (κ2) is 4.88. The number of anilines is 2. The van der Waals surface area contributed by atoms with Crippen LogP contribution in [0.5, 0.6) is 0 Å². The second-order valence-corrected chi connectivity index (χ2v) is 6.01. The van der Waals surface area contributed by atoms with Gasteiger partial charge in [-0.05, 0) is 19.1 Å². The van der Waals surface area contributed by atoms with Crippen molar-refractivity contribution in [3.8, 4) is 0 Å². The van der Waals surface area contributed by atoms with Crippen LogP contribution >= 0.6 is 11.3 Å². The standard InChI is InChI=1S/C14H16N4OS/c1-8-16-9(7-20-8)6-18(2)10-3-4-11-12(5-10)17-14(19)13(11)15/h3-5,7,13H,6,15H2,1-2H3,(H,17,19). The average molecular weight is 288 g/mol. The highest BCUT2D eigenvalue weighted by molar-refractivity contribution is 7.09. The Kier molecular flexibility index (Phi) is 3.19. The van der Waals surface area contributed by atoms with E-state index in [9.17, 15) is 4.79 Å². The number of nitrogens with two attached hydrogens (primary N) is 1. The molecule has 3 rings (SSSR count). The van der Waals surface area contributed by atoms with Crippen molar-refractivity contribution in [3.05, 3.63) is 39.8 Å². The Balaban J connectivity index is 1.81. The molecular weight excluding hydrogens is 272 g/mol. The normalized spacial score (nSPS) is 16.9. The Morgan fingerprint density at radius 3 is 3.00 bits per heavy atom. The number of fused-ring (bicyclic) bond motifs is 1. The van der Waals surface area contributed by atoms with Crippen LogP contribution in [0, 0.1) is 6.92 Å². The summed E-state index contributed by atoms with van der Waals surface area (Å²) in [6.45, 7) is 2.74. The van der Waals surface area contributed by atoms with E-state index in [2.05, 4.69) is 20.6 Å². The van der Waals surface area contributed by atoms with Crippen LogP contribution in [0.3, 0.4) is 0 Å². The maximum atomic E-state index is 11.5. The quantitative estimate of drug-likeness (QED) is 0.906. The molecule has 20 heavy (non-hydrogen) atoms. The fourth-order valence-electron chi connectivity index (χ4n) is 2.33. The van der Waals surface area contributed by atoms with Gasteiger partial charge in [-0.3, -0.25) is 4.79 Å². The third-order valence-electron chi connectivity index (χ3n) is 3.42. The first kappa shape index (κ1) is 13.1. The van der Waals surface area contributed by atoms with E-state index in [1.54, 1.807) is 11.3 Å². The number of aryl methyl sites for hydroxylation is 1. The predicted octanol–water partition coefficient (Wildman–Crippen LogP) is 2.04. The Bertz CT molecular complexity index is 667. The lowest BCUT2D eigenvalue weighted by Gasteiger charge is -2.19. The summed E-state index contributed by atoms with van der Waals surface area (Å²) in [5, 5.41) is 5.94. The third-order valence-corrected chi connectivity index (χ3v) is 4.24. The molecule has 1 amide bonds. The molecule has 0 radical (unpaired) electrons. The van der Waals surface area contributed by atoms with Crippen molar-refractivity contribution < 1.29 is 4.79 Å². The van der Waals surface area contributed by atoms with Gasteiger partial charge in [-0.15, -0.1) is 11.3 Å². The van der Waals surface area contributed by atoms with Crippen molar-refractivity contribution in [2.45, 2.75) is 19.5 Å². The van der Waals surface area contributed by atoms with Crippen LogP contribution in [0.2, 0.25) is 0 Å². The van der Waals surface area contributed by atoms with Gasteiger partial charge >= 0.3 is 0 Å². The van der Waals surface area contributed by atoms with Crippen molar-refractivity contribution in [1.82, 2.24) is 4.98 Å². The molecule has 0 saturated heterocycles. The minimum atomic E-state index is -0.550. The summed E-state index contributed by atoms with van der Waals surface area (Å²) in [5.74, 6) is -0.144. The lowest BCUT2D eigenvalue weighted by atomic mass is 10.1.